The van der Waals surface area contributed by atoms with Gasteiger partial charge in [-0.15, -0.1) is 0 Å². The lowest BCUT2D eigenvalue weighted by atomic mass is 10.2. The Balaban J connectivity index is 0.000000946. The van der Waals surface area contributed by atoms with Crippen molar-refractivity contribution in [2.75, 3.05) is 43.3 Å². The third-order valence-electron chi connectivity index (χ3n) is 6.70. The molecule has 0 aromatic heterocycles. The molecule has 0 bridgehead atoms. The average molecular weight is 747 g/mol. The first-order valence-corrected chi connectivity index (χ1v) is 19.4. The van der Waals surface area contributed by atoms with Gasteiger partial charge in [0.25, 0.3) is 0 Å². The fourth-order valence-corrected chi connectivity index (χ4v) is 5.68. The number of rotatable bonds is 13. The molecule has 0 unspecified atom stereocenters. The largest absolute Gasteiger partial charge is 0.465 e. The Labute approximate surface area is 302 Å². The van der Waals surface area contributed by atoms with Gasteiger partial charge in [0.05, 0.1) is 38.3 Å². The van der Waals surface area contributed by atoms with E-state index in [-0.39, 0.29) is 29.0 Å². The van der Waals surface area contributed by atoms with Crippen LogP contribution >= 0.6 is 0 Å². The molecule has 2 amide bonds. The molecule has 0 aliphatic rings. The molecule has 0 spiro atoms. The molecular formula is C36H47FN4O8S2. The molecule has 0 saturated heterocycles. The number of anilines is 2. The first-order chi connectivity index (χ1) is 24.1. The Bertz CT molecular complexity index is 1920. The van der Waals surface area contributed by atoms with E-state index in [1.165, 1.54) is 43.5 Å². The van der Waals surface area contributed by atoms with Crippen LogP contribution < -0.4 is 10.6 Å². The number of sulfonamides is 2. The number of nitrogens with zero attached hydrogens (tertiary/aromatic N) is 2. The van der Waals surface area contributed by atoms with Crippen molar-refractivity contribution in [2.45, 2.75) is 26.9 Å². The van der Waals surface area contributed by atoms with E-state index in [0.717, 1.165) is 26.7 Å². The molecule has 2 N–H and O–H groups in total. The first kappa shape index (κ1) is 42.2. The van der Waals surface area contributed by atoms with Crippen LogP contribution in [0.3, 0.4) is 0 Å². The Morgan fingerprint density at radius 3 is 1.43 bits per heavy atom. The van der Waals surface area contributed by atoms with Crippen LogP contribution in [-0.2, 0) is 47.5 Å². The van der Waals surface area contributed by atoms with Crippen LogP contribution in [-0.4, -0.2) is 75.9 Å². The number of para-hydroxylation sites is 1. The number of carbonyl (C=O) groups excluding carboxylic acids is 3. The molecule has 4 aromatic rings. The second-order valence-corrected chi connectivity index (χ2v) is 14.7. The average Bonchev–Trinajstić information content (AvgIpc) is 3.10. The number of nitrogens with one attached hydrogen (secondary N) is 2. The van der Waals surface area contributed by atoms with E-state index in [2.05, 4.69) is 15.4 Å². The van der Waals surface area contributed by atoms with Gasteiger partial charge < -0.3 is 15.4 Å². The van der Waals surface area contributed by atoms with E-state index in [4.69, 9.17) is 0 Å². The summed E-state index contributed by atoms with van der Waals surface area (Å²) < 4.78 is 67.3. The minimum atomic E-state index is -3.58. The maximum Gasteiger partial charge on any atom is 0.337 e. The minimum absolute atomic E-state index is 0. The van der Waals surface area contributed by atoms with Crippen molar-refractivity contribution in [3.05, 3.63) is 132 Å². The number of hydrogen-bond donors (Lipinski definition) is 2. The number of methoxy groups -OCH3 is 1. The van der Waals surface area contributed by atoms with E-state index in [0.29, 0.717) is 22.5 Å². The summed E-state index contributed by atoms with van der Waals surface area (Å²) >= 11 is 0. The minimum Gasteiger partial charge on any atom is -0.465 e. The maximum absolute atomic E-state index is 12.9. The Morgan fingerprint density at radius 1 is 0.627 bits per heavy atom. The SMILES string of the molecule is CC.COC(=O)c1ccc(NC(=O)CN(Cc2ccccc2)S(C)(=O)=O)cc1.CS(=O)(=O)N(CC(=O)Nc1ccccc1)Cc1ccc(F)cc1.[HH].[HH]. The maximum atomic E-state index is 12.9. The predicted molar refractivity (Wildman–Crippen MR) is 200 cm³/mol. The molecule has 0 radical (unpaired) electrons. The summed E-state index contributed by atoms with van der Waals surface area (Å²) in [6, 6.07) is 29.4. The summed E-state index contributed by atoms with van der Waals surface area (Å²) in [4.78, 5) is 35.7. The number of hydrogen-bond acceptors (Lipinski definition) is 8. The van der Waals surface area contributed by atoms with Gasteiger partial charge in [0.15, 0.2) is 0 Å². The third kappa shape index (κ3) is 15.6. The predicted octanol–water partition coefficient (Wildman–Crippen LogP) is 5.62. The van der Waals surface area contributed by atoms with Gasteiger partial charge in [0.2, 0.25) is 31.9 Å². The second-order valence-electron chi connectivity index (χ2n) is 10.7. The van der Waals surface area contributed by atoms with Crippen LogP contribution in [0.4, 0.5) is 15.8 Å². The number of carbonyl (C=O) groups is 3. The second kappa shape index (κ2) is 20.7. The summed E-state index contributed by atoms with van der Waals surface area (Å²) in [6.07, 6.45) is 2.10. The molecule has 0 aliphatic carbocycles. The lowest BCUT2D eigenvalue weighted by Gasteiger charge is -2.19. The molecule has 0 atom stereocenters. The monoisotopic (exact) mass is 746 g/mol. The lowest BCUT2D eigenvalue weighted by molar-refractivity contribution is -0.117. The van der Waals surface area contributed by atoms with Crippen LogP contribution in [0, 0.1) is 5.82 Å². The highest BCUT2D eigenvalue weighted by molar-refractivity contribution is 7.88. The fourth-order valence-electron chi connectivity index (χ4n) is 4.21. The Morgan fingerprint density at radius 2 is 1.02 bits per heavy atom. The van der Waals surface area contributed by atoms with Crippen molar-refractivity contribution in [1.29, 1.82) is 0 Å². The van der Waals surface area contributed by atoms with Crippen LogP contribution in [0.1, 0.15) is 38.2 Å². The standard InChI is InChI=1S/C18H20N2O5S.C16H17FN2O3S.C2H6.2H2/c1-25-18(22)15-8-10-16(11-9-15)19-17(21)13-20(26(2,23)24)12-14-6-4-3-5-7-14;1-23(21,22)19(11-13-7-9-14(17)10-8-13)12-16(20)18-15-5-3-2-4-6-15;1-2;;/h3-11H,12-13H2,1-2H3,(H,19,21);2-10H,11-12H2,1H3,(H,18,20);1-2H3;2*1H. The van der Waals surface area contributed by atoms with Crippen molar-refractivity contribution in [3.63, 3.8) is 0 Å². The molecular weight excluding hydrogens is 700 g/mol. The molecule has 4 rings (SSSR count). The van der Waals surface area contributed by atoms with Gasteiger partial charge in [-0.1, -0.05) is 74.5 Å². The summed E-state index contributed by atoms with van der Waals surface area (Å²) in [6.45, 7) is 3.48. The Hall–Kier alpha value is -4.96. The van der Waals surface area contributed by atoms with E-state index >= 15 is 0 Å². The lowest BCUT2D eigenvalue weighted by Crippen LogP contribution is -2.36. The van der Waals surface area contributed by atoms with Crippen molar-refractivity contribution in [2.24, 2.45) is 0 Å². The first-order valence-electron chi connectivity index (χ1n) is 15.7. The van der Waals surface area contributed by atoms with Crippen molar-refractivity contribution < 1.29 is 43.2 Å². The highest BCUT2D eigenvalue weighted by Crippen LogP contribution is 2.13. The molecule has 278 valence electrons. The molecule has 4 aromatic carbocycles. The molecule has 51 heavy (non-hydrogen) atoms. The number of benzene rings is 4. The molecule has 0 fully saturated rings. The van der Waals surface area contributed by atoms with Gasteiger partial charge in [0.1, 0.15) is 5.82 Å². The van der Waals surface area contributed by atoms with Crippen molar-refractivity contribution >= 4 is 49.2 Å². The summed E-state index contributed by atoms with van der Waals surface area (Å²) in [5, 5.41) is 5.25. The zero-order valence-electron chi connectivity index (χ0n) is 29.1. The highest BCUT2D eigenvalue weighted by atomic mass is 32.2. The van der Waals surface area contributed by atoms with Crippen LogP contribution in [0.2, 0.25) is 0 Å². The van der Waals surface area contributed by atoms with E-state index in [1.807, 2.05) is 26.0 Å². The van der Waals surface area contributed by atoms with Gasteiger partial charge >= 0.3 is 5.97 Å². The van der Waals surface area contributed by atoms with Gasteiger partial charge in [-0.3, -0.25) is 9.59 Å². The van der Waals surface area contributed by atoms with Gasteiger partial charge in [0, 0.05) is 27.3 Å². The number of ether oxygens (including phenoxy) is 1. The normalized spacial score (nSPS) is 11.0. The van der Waals surface area contributed by atoms with E-state index in [9.17, 15) is 35.6 Å². The van der Waals surface area contributed by atoms with Crippen molar-refractivity contribution in [1.82, 2.24) is 8.61 Å². The van der Waals surface area contributed by atoms with Crippen LogP contribution in [0.5, 0.6) is 0 Å². The van der Waals surface area contributed by atoms with Crippen LogP contribution in [0.15, 0.2) is 109 Å². The summed E-state index contributed by atoms with van der Waals surface area (Å²) in [5.41, 5.74) is 2.79. The number of halogens is 1. The Kier molecular flexibility index (Phi) is 17.1. The van der Waals surface area contributed by atoms with Gasteiger partial charge in [-0.2, -0.15) is 8.61 Å². The van der Waals surface area contributed by atoms with Crippen LogP contribution in [0.25, 0.3) is 0 Å². The molecule has 15 heteroatoms. The quantitative estimate of drug-likeness (QED) is 0.167. The van der Waals surface area contributed by atoms with E-state index in [1.54, 1.807) is 60.7 Å². The summed E-state index contributed by atoms with van der Waals surface area (Å²) in [5.74, 6) is -1.80. The smallest absolute Gasteiger partial charge is 0.337 e. The van der Waals surface area contributed by atoms with Gasteiger partial charge in [-0.05, 0) is 59.7 Å². The van der Waals surface area contributed by atoms with Crippen molar-refractivity contribution in [3.8, 4) is 0 Å². The van der Waals surface area contributed by atoms with Gasteiger partial charge in [-0.25, -0.2) is 26.0 Å². The van der Waals surface area contributed by atoms with E-state index < -0.39 is 43.6 Å². The summed E-state index contributed by atoms with van der Waals surface area (Å²) in [7, 11) is -5.86. The zero-order chi connectivity index (χ0) is 38.0. The fraction of sp³-hybridized carbons (Fsp3) is 0.250. The molecule has 0 heterocycles. The third-order valence-corrected chi connectivity index (χ3v) is 9.09. The highest BCUT2D eigenvalue weighted by Gasteiger charge is 2.22. The number of esters is 1. The molecule has 0 saturated carbocycles. The topological polar surface area (TPSA) is 159 Å². The molecule has 0 aliphatic heterocycles. The zero-order valence-corrected chi connectivity index (χ0v) is 30.7. The molecule has 12 nitrogen and oxygen atoms in total. The number of amides is 2.